The van der Waals surface area contributed by atoms with Crippen LogP contribution in [-0.4, -0.2) is 27.2 Å². The average molecular weight is 352 g/mol. The van der Waals surface area contributed by atoms with Crippen LogP contribution in [0.2, 0.25) is 0 Å². The molecule has 1 aromatic carbocycles. The number of carbonyl (C=O) groups is 1. The molecule has 2 aromatic heterocycles. The van der Waals surface area contributed by atoms with E-state index in [0.29, 0.717) is 16.6 Å². The standard InChI is InChI=1S/C15H14FN5O2.ClH/c1-2-23-15(22)9-6-21-13(14(18)19-7-20-21)12(9)8-3-4-11(17)10(16)5-8;/h3-7H,2,17H2,1H3,(H2,18,19,20);1H. The molecule has 0 saturated carbocycles. The monoisotopic (exact) mass is 351 g/mol. The molecule has 4 N–H and O–H groups in total. The summed E-state index contributed by atoms with van der Waals surface area (Å²) in [5, 5.41) is 4.03. The Bertz CT molecular complexity index is 912. The summed E-state index contributed by atoms with van der Waals surface area (Å²) in [6.07, 6.45) is 2.75. The van der Waals surface area contributed by atoms with Gasteiger partial charge >= 0.3 is 5.97 Å². The van der Waals surface area contributed by atoms with Crippen LogP contribution in [0.15, 0.2) is 30.7 Å². The lowest BCUT2D eigenvalue weighted by Gasteiger charge is -2.07. The minimum atomic E-state index is -0.591. The number of esters is 1. The van der Waals surface area contributed by atoms with Crippen molar-refractivity contribution in [2.24, 2.45) is 0 Å². The van der Waals surface area contributed by atoms with E-state index in [0.717, 1.165) is 0 Å². The van der Waals surface area contributed by atoms with Gasteiger partial charge in [-0.05, 0) is 24.6 Å². The number of anilines is 2. The second-order valence-corrected chi connectivity index (χ2v) is 4.81. The quantitative estimate of drug-likeness (QED) is 0.553. The number of nitrogens with two attached hydrogens (primary N) is 2. The van der Waals surface area contributed by atoms with E-state index in [1.54, 1.807) is 13.0 Å². The Morgan fingerprint density at radius 3 is 2.79 bits per heavy atom. The van der Waals surface area contributed by atoms with Crippen molar-refractivity contribution >= 4 is 35.4 Å². The highest BCUT2D eigenvalue weighted by Crippen LogP contribution is 2.34. The summed E-state index contributed by atoms with van der Waals surface area (Å²) in [4.78, 5) is 16.2. The molecule has 7 nitrogen and oxygen atoms in total. The number of fused-ring (bicyclic) bond motifs is 1. The first-order valence-electron chi connectivity index (χ1n) is 6.87. The number of rotatable bonds is 3. The minimum absolute atomic E-state index is 0. The first kappa shape index (κ1) is 17.5. The average Bonchev–Trinajstić information content (AvgIpc) is 2.91. The van der Waals surface area contributed by atoms with Crippen molar-refractivity contribution in [3.05, 3.63) is 42.1 Å². The molecular weight excluding hydrogens is 337 g/mol. The van der Waals surface area contributed by atoms with Crippen LogP contribution in [0.4, 0.5) is 15.9 Å². The zero-order chi connectivity index (χ0) is 16.6. The molecule has 126 valence electrons. The number of hydrogen-bond acceptors (Lipinski definition) is 6. The maximum absolute atomic E-state index is 13.8. The summed E-state index contributed by atoms with van der Waals surface area (Å²) in [5.74, 6) is -0.973. The molecule has 0 fully saturated rings. The molecular formula is C15H15ClFN5O2. The van der Waals surface area contributed by atoms with Crippen LogP contribution >= 0.6 is 12.4 Å². The molecule has 0 saturated heterocycles. The fourth-order valence-corrected chi connectivity index (χ4v) is 2.37. The van der Waals surface area contributed by atoms with Crippen LogP contribution in [0.5, 0.6) is 0 Å². The molecule has 0 bridgehead atoms. The van der Waals surface area contributed by atoms with E-state index in [4.69, 9.17) is 16.2 Å². The summed E-state index contributed by atoms with van der Waals surface area (Å²) >= 11 is 0. The number of aromatic nitrogens is 3. The summed E-state index contributed by atoms with van der Waals surface area (Å²) in [7, 11) is 0. The lowest BCUT2D eigenvalue weighted by molar-refractivity contribution is 0.0527. The van der Waals surface area contributed by atoms with Gasteiger partial charge < -0.3 is 16.2 Å². The van der Waals surface area contributed by atoms with Crippen LogP contribution < -0.4 is 11.5 Å². The zero-order valence-electron chi connectivity index (χ0n) is 12.7. The number of ether oxygens (including phenoxy) is 1. The van der Waals surface area contributed by atoms with Gasteiger partial charge in [0.05, 0.1) is 17.9 Å². The third-order valence-electron chi connectivity index (χ3n) is 3.39. The van der Waals surface area contributed by atoms with Crippen molar-refractivity contribution in [2.75, 3.05) is 18.1 Å². The minimum Gasteiger partial charge on any atom is -0.462 e. The Kier molecular flexibility index (Phi) is 4.89. The maximum Gasteiger partial charge on any atom is 0.340 e. The molecule has 0 aliphatic rings. The van der Waals surface area contributed by atoms with Gasteiger partial charge in [-0.3, -0.25) is 0 Å². The molecule has 0 aliphatic heterocycles. The van der Waals surface area contributed by atoms with Gasteiger partial charge in [0, 0.05) is 11.8 Å². The van der Waals surface area contributed by atoms with Crippen LogP contribution in [0.25, 0.3) is 16.6 Å². The lowest BCUT2D eigenvalue weighted by Crippen LogP contribution is -2.05. The molecule has 0 aliphatic carbocycles. The molecule has 0 unspecified atom stereocenters. The van der Waals surface area contributed by atoms with Gasteiger partial charge in [-0.15, -0.1) is 12.4 Å². The molecule has 9 heteroatoms. The Balaban J connectivity index is 0.00000208. The molecule has 24 heavy (non-hydrogen) atoms. The summed E-state index contributed by atoms with van der Waals surface area (Å²) in [6, 6.07) is 4.26. The zero-order valence-corrected chi connectivity index (χ0v) is 13.5. The first-order chi connectivity index (χ1) is 11.0. The predicted octanol–water partition coefficient (Wildman–Crippen LogP) is 2.30. The summed E-state index contributed by atoms with van der Waals surface area (Å²) in [6.45, 7) is 1.91. The van der Waals surface area contributed by atoms with Crippen molar-refractivity contribution in [1.82, 2.24) is 14.6 Å². The maximum atomic E-state index is 13.8. The van der Waals surface area contributed by atoms with E-state index in [9.17, 15) is 9.18 Å². The number of hydrogen-bond donors (Lipinski definition) is 2. The lowest BCUT2D eigenvalue weighted by atomic mass is 10.0. The Morgan fingerprint density at radius 1 is 1.38 bits per heavy atom. The SMILES string of the molecule is CCOC(=O)c1cn2ncnc(N)c2c1-c1ccc(N)c(F)c1.Cl. The smallest absolute Gasteiger partial charge is 0.340 e. The van der Waals surface area contributed by atoms with Gasteiger partial charge in [-0.25, -0.2) is 18.7 Å². The first-order valence-corrected chi connectivity index (χ1v) is 6.87. The molecule has 3 rings (SSSR count). The highest BCUT2D eigenvalue weighted by atomic mass is 35.5. The van der Waals surface area contributed by atoms with E-state index in [-0.39, 0.29) is 36.1 Å². The highest BCUT2D eigenvalue weighted by Gasteiger charge is 2.22. The molecule has 0 spiro atoms. The fraction of sp³-hybridized carbons (Fsp3) is 0.133. The van der Waals surface area contributed by atoms with E-state index in [1.165, 1.54) is 29.2 Å². The van der Waals surface area contributed by atoms with Crippen molar-refractivity contribution in [3.8, 4) is 11.1 Å². The number of nitrogens with zero attached hydrogens (tertiary/aromatic N) is 3. The van der Waals surface area contributed by atoms with E-state index in [1.807, 2.05) is 0 Å². The Morgan fingerprint density at radius 2 is 2.12 bits per heavy atom. The van der Waals surface area contributed by atoms with Crippen LogP contribution in [-0.2, 0) is 4.74 Å². The molecule has 0 amide bonds. The van der Waals surface area contributed by atoms with Gasteiger partial charge in [0.25, 0.3) is 0 Å². The second kappa shape index (κ2) is 6.71. The van der Waals surface area contributed by atoms with E-state index >= 15 is 0 Å². The molecule has 0 atom stereocenters. The van der Waals surface area contributed by atoms with Crippen molar-refractivity contribution in [2.45, 2.75) is 6.92 Å². The Labute approximate surface area is 142 Å². The Hall–Kier alpha value is -2.87. The summed E-state index contributed by atoms with van der Waals surface area (Å²) in [5.41, 5.74) is 12.9. The molecule has 3 aromatic rings. The number of nitrogen functional groups attached to an aromatic ring is 2. The third kappa shape index (κ3) is 2.83. The van der Waals surface area contributed by atoms with Gasteiger partial charge in [-0.1, -0.05) is 6.07 Å². The largest absolute Gasteiger partial charge is 0.462 e. The van der Waals surface area contributed by atoms with Gasteiger partial charge in [0.2, 0.25) is 0 Å². The highest BCUT2D eigenvalue weighted by molar-refractivity contribution is 6.04. The van der Waals surface area contributed by atoms with Gasteiger partial charge in [-0.2, -0.15) is 5.10 Å². The second-order valence-electron chi connectivity index (χ2n) is 4.81. The van der Waals surface area contributed by atoms with E-state index in [2.05, 4.69) is 10.1 Å². The number of carbonyl (C=O) groups excluding carboxylic acids is 1. The van der Waals surface area contributed by atoms with E-state index < -0.39 is 11.8 Å². The fourth-order valence-electron chi connectivity index (χ4n) is 2.37. The normalized spacial score (nSPS) is 10.4. The number of halogens is 2. The van der Waals surface area contributed by atoms with Crippen LogP contribution in [0, 0.1) is 5.82 Å². The summed E-state index contributed by atoms with van der Waals surface area (Å²) < 4.78 is 20.3. The topological polar surface area (TPSA) is 109 Å². The van der Waals surface area contributed by atoms with Crippen molar-refractivity contribution in [1.29, 1.82) is 0 Å². The third-order valence-corrected chi connectivity index (χ3v) is 3.39. The predicted molar refractivity (Wildman–Crippen MR) is 90.4 cm³/mol. The van der Waals surface area contributed by atoms with Gasteiger partial charge in [0.15, 0.2) is 5.82 Å². The van der Waals surface area contributed by atoms with Crippen molar-refractivity contribution < 1.29 is 13.9 Å². The molecule has 0 radical (unpaired) electrons. The van der Waals surface area contributed by atoms with Crippen molar-refractivity contribution in [3.63, 3.8) is 0 Å². The van der Waals surface area contributed by atoms with Crippen LogP contribution in [0.1, 0.15) is 17.3 Å². The number of benzene rings is 1. The van der Waals surface area contributed by atoms with Crippen LogP contribution in [0.3, 0.4) is 0 Å². The molecule has 2 heterocycles. The van der Waals surface area contributed by atoms with Gasteiger partial charge in [0.1, 0.15) is 17.7 Å².